The van der Waals surface area contributed by atoms with Crippen LogP contribution in [-0.2, 0) is 0 Å². The molecule has 3 rings (SSSR count). The molecule has 0 spiro atoms. The van der Waals surface area contributed by atoms with Crippen molar-refractivity contribution in [3.05, 3.63) is 23.8 Å². The predicted octanol–water partition coefficient (Wildman–Crippen LogP) is 1.53. The van der Waals surface area contributed by atoms with Gasteiger partial charge in [-0.25, -0.2) is 0 Å². The summed E-state index contributed by atoms with van der Waals surface area (Å²) in [5.41, 5.74) is 0.663. The molecule has 0 bridgehead atoms. The summed E-state index contributed by atoms with van der Waals surface area (Å²) < 4.78 is 11.0. The number of benzene rings is 1. The van der Waals surface area contributed by atoms with Crippen molar-refractivity contribution in [1.82, 2.24) is 10.2 Å². The van der Waals surface area contributed by atoms with Crippen LogP contribution in [0.5, 0.6) is 11.5 Å². The molecular formula is C16H22N2O3. The summed E-state index contributed by atoms with van der Waals surface area (Å²) in [4.78, 5) is 14.3. The summed E-state index contributed by atoms with van der Waals surface area (Å²) in [5, 5.41) is 3.35. The average Bonchev–Trinajstić information content (AvgIpc) is 2.54. The summed E-state index contributed by atoms with van der Waals surface area (Å²) >= 11 is 0. The topological polar surface area (TPSA) is 50.8 Å². The maximum atomic E-state index is 12.5. The average molecular weight is 290 g/mol. The lowest BCUT2D eigenvalue weighted by Gasteiger charge is -2.28. The normalized spacial score (nSPS) is 18.3. The molecule has 5 nitrogen and oxygen atoms in total. The van der Waals surface area contributed by atoms with Crippen LogP contribution in [0.25, 0.3) is 0 Å². The number of rotatable bonds is 3. The highest BCUT2D eigenvalue weighted by molar-refractivity contribution is 5.94. The molecule has 0 atom stereocenters. The molecule has 1 N–H and O–H groups in total. The summed E-state index contributed by atoms with van der Waals surface area (Å²) in [6.07, 6.45) is 2.28. The van der Waals surface area contributed by atoms with E-state index in [2.05, 4.69) is 5.32 Å². The van der Waals surface area contributed by atoms with Gasteiger partial charge in [0, 0.05) is 19.2 Å². The van der Waals surface area contributed by atoms with Crippen LogP contribution in [0.3, 0.4) is 0 Å². The van der Waals surface area contributed by atoms with Gasteiger partial charge < -0.3 is 19.7 Å². The number of hydrogen-bond acceptors (Lipinski definition) is 4. The van der Waals surface area contributed by atoms with Crippen LogP contribution < -0.4 is 14.8 Å². The first-order chi connectivity index (χ1) is 10.2. The molecule has 1 amide bonds. The molecular weight excluding hydrogens is 268 g/mol. The third-order valence-electron chi connectivity index (χ3n) is 4.13. The molecule has 0 aliphatic carbocycles. The molecule has 21 heavy (non-hydrogen) atoms. The van der Waals surface area contributed by atoms with E-state index in [0.29, 0.717) is 30.4 Å². The lowest BCUT2D eigenvalue weighted by molar-refractivity contribution is 0.0761. The molecule has 114 valence electrons. The highest BCUT2D eigenvalue weighted by Crippen LogP contribution is 2.31. The number of piperidine rings is 1. The molecule has 2 heterocycles. The van der Waals surface area contributed by atoms with Crippen molar-refractivity contribution >= 4 is 5.91 Å². The molecule has 1 saturated heterocycles. The van der Waals surface area contributed by atoms with Crippen LogP contribution in [0.15, 0.2) is 18.2 Å². The van der Waals surface area contributed by atoms with Crippen LogP contribution in [0.4, 0.5) is 0 Å². The fraction of sp³-hybridized carbons (Fsp3) is 0.562. The van der Waals surface area contributed by atoms with Gasteiger partial charge in [0.2, 0.25) is 0 Å². The number of fused-ring (bicyclic) bond motifs is 1. The smallest absolute Gasteiger partial charge is 0.253 e. The van der Waals surface area contributed by atoms with Gasteiger partial charge >= 0.3 is 0 Å². The fourth-order valence-electron chi connectivity index (χ4n) is 2.93. The Morgan fingerprint density at radius 3 is 2.71 bits per heavy atom. The number of carbonyl (C=O) groups excluding carboxylic acids is 1. The van der Waals surface area contributed by atoms with E-state index in [0.717, 1.165) is 38.2 Å². The molecule has 1 aromatic rings. The van der Waals surface area contributed by atoms with Crippen LogP contribution in [-0.4, -0.2) is 50.7 Å². The SMILES string of the molecule is CN(CC1CCNCC1)C(=O)c1ccc2c(c1)OCCO2. The van der Waals surface area contributed by atoms with Gasteiger partial charge in [-0.3, -0.25) is 4.79 Å². The van der Waals surface area contributed by atoms with E-state index in [9.17, 15) is 4.79 Å². The second kappa shape index (κ2) is 6.35. The minimum atomic E-state index is 0.0468. The predicted molar refractivity (Wildman–Crippen MR) is 80.0 cm³/mol. The van der Waals surface area contributed by atoms with Crippen molar-refractivity contribution in [3.63, 3.8) is 0 Å². The third kappa shape index (κ3) is 3.29. The largest absolute Gasteiger partial charge is 0.486 e. The maximum absolute atomic E-state index is 12.5. The van der Waals surface area contributed by atoms with E-state index in [4.69, 9.17) is 9.47 Å². The molecule has 5 heteroatoms. The number of amides is 1. The standard InChI is InChI=1S/C16H22N2O3/c1-18(11-12-4-6-17-7-5-12)16(19)13-2-3-14-15(10-13)21-9-8-20-14/h2-3,10,12,17H,4-9,11H2,1H3. The van der Waals surface area contributed by atoms with Gasteiger partial charge in [-0.05, 0) is 50.0 Å². The molecule has 1 aromatic carbocycles. The molecule has 0 unspecified atom stereocenters. The Labute approximate surface area is 125 Å². The van der Waals surface area contributed by atoms with Crippen LogP contribution in [0, 0.1) is 5.92 Å². The zero-order chi connectivity index (χ0) is 14.7. The first-order valence-corrected chi connectivity index (χ1v) is 7.60. The number of nitrogens with zero attached hydrogens (tertiary/aromatic N) is 1. The Bertz CT molecular complexity index is 512. The van der Waals surface area contributed by atoms with Crippen molar-refractivity contribution in [1.29, 1.82) is 0 Å². The second-order valence-corrected chi connectivity index (χ2v) is 5.74. The van der Waals surface area contributed by atoms with Gasteiger partial charge in [-0.15, -0.1) is 0 Å². The van der Waals surface area contributed by atoms with Gasteiger partial charge in [0.25, 0.3) is 5.91 Å². The van der Waals surface area contributed by atoms with Crippen molar-refractivity contribution < 1.29 is 14.3 Å². The number of hydrogen-bond donors (Lipinski definition) is 1. The maximum Gasteiger partial charge on any atom is 0.253 e. The van der Waals surface area contributed by atoms with Crippen molar-refractivity contribution in [3.8, 4) is 11.5 Å². The van der Waals surface area contributed by atoms with Crippen LogP contribution >= 0.6 is 0 Å². The van der Waals surface area contributed by atoms with E-state index in [1.807, 2.05) is 24.1 Å². The lowest BCUT2D eigenvalue weighted by atomic mass is 9.97. The summed E-state index contributed by atoms with van der Waals surface area (Å²) in [5.74, 6) is 2.03. The Balaban J connectivity index is 1.66. The first-order valence-electron chi connectivity index (χ1n) is 7.60. The van der Waals surface area contributed by atoms with Crippen LogP contribution in [0.1, 0.15) is 23.2 Å². The number of ether oxygens (including phenoxy) is 2. The molecule has 2 aliphatic heterocycles. The van der Waals surface area contributed by atoms with E-state index >= 15 is 0 Å². The monoisotopic (exact) mass is 290 g/mol. The molecule has 0 saturated carbocycles. The van der Waals surface area contributed by atoms with E-state index in [1.54, 1.807) is 6.07 Å². The fourth-order valence-corrected chi connectivity index (χ4v) is 2.93. The quantitative estimate of drug-likeness (QED) is 0.917. The summed E-state index contributed by atoms with van der Waals surface area (Å²) in [6, 6.07) is 5.42. The van der Waals surface area contributed by atoms with E-state index < -0.39 is 0 Å². The Morgan fingerprint density at radius 1 is 1.24 bits per heavy atom. The van der Waals surface area contributed by atoms with Crippen molar-refractivity contribution in [2.24, 2.45) is 5.92 Å². The van der Waals surface area contributed by atoms with Crippen molar-refractivity contribution in [2.45, 2.75) is 12.8 Å². The molecule has 1 fully saturated rings. The molecule has 0 aromatic heterocycles. The molecule has 0 radical (unpaired) electrons. The van der Waals surface area contributed by atoms with Gasteiger partial charge in [0.15, 0.2) is 11.5 Å². The summed E-state index contributed by atoms with van der Waals surface area (Å²) in [7, 11) is 1.88. The Hall–Kier alpha value is -1.75. The summed E-state index contributed by atoms with van der Waals surface area (Å²) in [6.45, 7) is 4.02. The molecule has 2 aliphatic rings. The Kier molecular flexibility index (Phi) is 4.29. The van der Waals surface area contributed by atoms with Gasteiger partial charge in [0.05, 0.1) is 0 Å². The van der Waals surface area contributed by atoms with E-state index in [1.165, 1.54) is 0 Å². The minimum absolute atomic E-state index is 0.0468. The highest BCUT2D eigenvalue weighted by atomic mass is 16.6. The first kappa shape index (κ1) is 14.2. The zero-order valence-corrected chi connectivity index (χ0v) is 12.4. The van der Waals surface area contributed by atoms with Crippen LogP contribution in [0.2, 0.25) is 0 Å². The second-order valence-electron chi connectivity index (χ2n) is 5.74. The number of carbonyl (C=O) groups is 1. The lowest BCUT2D eigenvalue weighted by Crippen LogP contribution is -2.37. The highest BCUT2D eigenvalue weighted by Gasteiger charge is 2.21. The third-order valence-corrected chi connectivity index (χ3v) is 4.13. The Morgan fingerprint density at radius 2 is 1.95 bits per heavy atom. The van der Waals surface area contributed by atoms with Gasteiger partial charge in [-0.2, -0.15) is 0 Å². The minimum Gasteiger partial charge on any atom is -0.486 e. The van der Waals surface area contributed by atoms with E-state index in [-0.39, 0.29) is 5.91 Å². The number of nitrogens with one attached hydrogen (secondary N) is 1. The van der Waals surface area contributed by atoms with Crippen molar-refractivity contribution in [2.75, 3.05) is 39.9 Å². The zero-order valence-electron chi connectivity index (χ0n) is 12.4. The van der Waals surface area contributed by atoms with Gasteiger partial charge in [-0.1, -0.05) is 0 Å². The van der Waals surface area contributed by atoms with Gasteiger partial charge in [0.1, 0.15) is 13.2 Å².